The van der Waals surface area contributed by atoms with Crippen LogP contribution < -0.4 is 5.32 Å². The van der Waals surface area contributed by atoms with Gasteiger partial charge in [-0.15, -0.1) is 11.8 Å². The summed E-state index contributed by atoms with van der Waals surface area (Å²) in [4.78, 5) is 23.3. The van der Waals surface area contributed by atoms with Crippen molar-refractivity contribution >= 4 is 45.0 Å². The molecule has 2 rings (SSSR count). The van der Waals surface area contributed by atoms with E-state index in [2.05, 4.69) is 21.2 Å². The minimum Gasteiger partial charge on any atom is -0.325 e. The number of benzene rings is 2. The lowest BCUT2D eigenvalue weighted by Crippen LogP contribution is -2.22. The zero-order valence-electron chi connectivity index (χ0n) is 11.7. The quantitative estimate of drug-likeness (QED) is 0.471. The van der Waals surface area contributed by atoms with E-state index < -0.39 is 4.92 Å². The van der Waals surface area contributed by atoms with Gasteiger partial charge in [0, 0.05) is 27.2 Å². The van der Waals surface area contributed by atoms with Gasteiger partial charge in [-0.3, -0.25) is 14.9 Å². The molecule has 1 amide bonds. The van der Waals surface area contributed by atoms with Crippen LogP contribution in [-0.2, 0) is 4.79 Å². The van der Waals surface area contributed by atoms with Crippen LogP contribution >= 0.6 is 27.7 Å². The second-order valence-electron chi connectivity index (χ2n) is 4.48. The Kier molecular flexibility index (Phi) is 5.57. The van der Waals surface area contributed by atoms with E-state index in [0.29, 0.717) is 5.69 Å². The summed E-state index contributed by atoms with van der Waals surface area (Å²) in [6, 6.07) is 13.4. The maximum Gasteiger partial charge on any atom is 0.269 e. The lowest BCUT2D eigenvalue weighted by Gasteiger charge is -2.12. The van der Waals surface area contributed by atoms with Gasteiger partial charge in [-0.2, -0.15) is 0 Å². The highest BCUT2D eigenvalue weighted by Gasteiger charge is 2.16. The Balaban J connectivity index is 1.99. The van der Waals surface area contributed by atoms with Gasteiger partial charge in [0.25, 0.3) is 5.69 Å². The Morgan fingerprint density at radius 2 is 1.86 bits per heavy atom. The first-order valence-corrected chi connectivity index (χ1v) is 8.11. The average molecular weight is 381 g/mol. The molecule has 0 radical (unpaired) electrons. The molecule has 0 heterocycles. The molecule has 1 unspecified atom stereocenters. The van der Waals surface area contributed by atoms with Crippen LogP contribution in [0.1, 0.15) is 6.92 Å². The number of carbonyl (C=O) groups excluding carboxylic acids is 1. The molecule has 22 heavy (non-hydrogen) atoms. The summed E-state index contributed by atoms with van der Waals surface area (Å²) in [7, 11) is 0. The number of anilines is 1. The minimum atomic E-state index is -0.475. The summed E-state index contributed by atoms with van der Waals surface area (Å²) in [5.74, 6) is -0.158. The van der Waals surface area contributed by atoms with Crippen molar-refractivity contribution < 1.29 is 9.72 Å². The molecule has 0 spiro atoms. The summed E-state index contributed by atoms with van der Waals surface area (Å²) in [6.45, 7) is 1.81. The fourth-order valence-electron chi connectivity index (χ4n) is 1.69. The standard InChI is InChI=1S/C15H13BrN2O3S/c1-10(22-14-5-3-2-4-13(14)16)15(19)17-11-6-8-12(9-7-11)18(20)21/h2-10H,1H3,(H,17,19). The number of halogens is 1. The number of hydrogen-bond donors (Lipinski definition) is 1. The number of thioether (sulfide) groups is 1. The van der Waals surface area contributed by atoms with Gasteiger partial charge in [0.1, 0.15) is 0 Å². The lowest BCUT2D eigenvalue weighted by molar-refractivity contribution is -0.384. The van der Waals surface area contributed by atoms with Crippen molar-refractivity contribution in [1.29, 1.82) is 0 Å². The van der Waals surface area contributed by atoms with Crippen molar-refractivity contribution in [3.63, 3.8) is 0 Å². The Labute approximate surface area is 140 Å². The van der Waals surface area contributed by atoms with Crippen molar-refractivity contribution in [3.05, 3.63) is 63.1 Å². The third kappa shape index (κ3) is 4.32. The van der Waals surface area contributed by atoms with Crippen LogP contribution in [0.4, 0.5) is 11.4 Å². The fourth-order valence-corrected chi connectivity index (χ4v) is 3.14. The third-order valence-corrected chi connectivity index (χ3v) is 4.99. The van der Waals surface area contributed by atoms with Crippen LogP contribution in [0.25, 0.3) is 0 Å². The van der Waals surface area contributed by atoms with E-state index in [1.807, 2.05) is 31.2 Å². The molecule has 0 aromatic heterocycles. The number of nitro benzene ring substituents is 1. The van der Waals surface area contributed by atoms with Crippen molar-refractivity contribution in [3.8, 4) is 0 Å². The molecule has 0 saturated carbocycles. The van der Waals surface area contributed by atoms with Gasteiger partial charge in [0.2, 0.25) is 5.91 Å². The molecule has 1 atom stereocenters. The Bertz CT molecular complexity index is 691. The molecule has 0 aliphatic heterocycles. The predicted molar refractivity (Wildman–Crippen MR) is 91.2 cm³/mol. The van der Waals surface area contributed by atoms with Crippen LogP contribution in [0.15, 0.2) is 57.9 Å². The predicted octanol–water partition coefficient (Wildman–Crippen LogP) is 4.48. The van der Waals surface area contributed by atoms with Gasteiger partial charge in [-0.05, 0) is 47.1 Å². The Morgan fingerprint density at radius 1 is 1.23 bits per heavy atom. The fraction of sp³-hybridized carbons (Fsp3) is 0.133. The van der Waals surface area contributed by atoms with E-state index in [1.54, 1.807) is 0 Å². The monoisotopic (exact) mass is 380 g/mol. The van der Waals surface area contributed by atoms with E-state index in [-0.39, 0.29) is 16.8 Å². The number of rotatable bonds is 5. The summed E-state index contributed by atoms with van der Waals surface area (Å²) < 4.78 is 0.940. The van der Waals surface area contributed by atoms with Gasteiger partial charge in [-0.1, -0.05) is 12.1 Å². The molecular formula is C15H13BrN2O3S. The highest BCUT2D eigenvalue weighted by Crippen LogP contribution is 2.30. The molecule has 0 aliphatic rings. The van der Waals surface area contributed by atoms with Crippen molar-refractivity contribution in [1.82, 2.24) is 0 Å². The summed E-state index contributed by atoms with van der Waals surface area (Å²) in [5, 5.41) is 13.0. The maximum absolute atomic E-state index is 12.2. The SMILES string of the molecule is CC(Sc1ccccc1Br)C(=O)Nc1ccc([N+](=O)[O-])cc1. The number of amides is 1. The van der Waals surface area contributed by atoms with Crippen LogP contribution in [0.3, 0.4) is 0 Å². The third-order valence-electron chi connectivity index (χ3n) is 2.86. The molecule has 0 fully saturated rings. The smallest absolute Gasteiger partial charge is 0.269 e. The average Bonchev–Trinajstić information content (AvgIpc) is 2.50. The molecule has 1 N–H and O–H groups in total. The topological polar surface area (TPSA) is 72.2 Å². The van der Waals surface area contributed by atoms with Crippen LogP contribution in [0.5, 0.6) is 0 Å². The number of nitro groups is 1. The van der Waals surface area contributed by atoms with Crippen LogP contribution in [-0.4, -0.2) is 16.1 Å². The largest absolute Gasteiger partial charge is 0.325 e. The number of hydrogen-bond acceptors (Lipinski definition) is 4. The second-order valence-corrected chi connectivity index (χ2v) is 6.72. The first-order chi connectivity index (χ1) is 10.5. The van der Waals surface area contributed by atoms with E-state index in [9.17, 15) is 14.9 Å². The molecule has 0 saturated heterocycles. The maximum atomic E-state index is 12.2. The number of nitrogens with zero attached hydrogens (tertiary/aromatic N) is 1. The van der Waals surface area contributed by atoms with Gasteiger partial charge in [0.15, 0.2) is 0 Å². The van der Waals surface area contributed by atoms with Gasteiger partial charge in [0.05, 0.1) is 10.2 Å². The normalized spacial score (nSPS) is 11.7. The number of carbonyl (C=O) groups is 1. The van der Waals surface area contributed by atoms with Crippen molar-refractivity contribution in [2.75, 3.05) is 5.32 Å². The zero-order valence-corrected chi connectivity index (χ0v) is 14.1. The van der Waals surface area contributed by atoms with Gasteiger partial charge < -0.3 is 5.32 Å². The zero-order chi connectivity index (χ0) is 16.1. The summed E-state index contributed by atoms with van der Waals surface area (Å²) >= 11 is 4.88. The summed E-state index contributed by atoms with van der Waals surface area (Å²) in [5.41, 5.74) is 0.531. The molecular weight excluding hydrogens is 368 g/mol. The first kappa shape index (κ1) is 16.5. The van der Waals surface area contributed by atoms with Crippen LogP contribution in [0.2, 0.25) is 0 Å². The van der Waals surface area contributed by atoms with E-state index in [1.165, 1.54) is 36.0 Å². The summed E-state index contributed by atoms with van der Waals surface area (Å²) in [6.07, 6.45) is 0. The Hall–Kier alpha value is -1.86. The van der Waals surface area contributed by atoms with Crippen molar-refractivity contribution in [2.45, 2.75) is 17.1 Å². The lowest BCUT2D eigenvalue weighted by atomic mass is 10.3. The highest BCUT2D eigenvalue weighted by molar-refractivity contribution is 9.10. The van der Waals surface area contributed by atoms with E-state index in [0.717, 1.165) is 9.37 Å². The van der Waals surface area contributed by atoms with Gasteiger partial charge in [-0.25, -0.2) is 0 Å². The molecule has 2 aromatic carbocycles. The second kappa shape index (κ2) is 7.42. The van der Waals surface area contributed by atoms with Crippen LogP contribution in [0, 0.1) is 10.1 Å². The van der Waals surface area contributed by atoms with E-state index >= 15 is 0 Å². The number of nitrogens with one attached hydrogen (secondary N) is 1. The van der Waals surface area contributed by atoms with Gasteiger partial charge >= 0.3 is 0 Å². The molecule has 114 valence electrons. The Morgan fingerprint density at radius 3 is 2.45 bits per heavy atom. The minimum absolute atomic E-state index is 0.00589. The molecule has 5 nitrogen and oxygen atoms in total. The first-order valence-electron chi connectivity index (χ1n) is 6.44. The van der Waals surface area contributed by atoms with Crippen molar-refractivity contribution in [2.24, 2.45) is 0 Å². The number of non-ortho nitro benzene ring substituents is 1. The molecule has 2 aromatic rings. The highest BCUT2D eigenvalue weighted by atomic mass is 79.9. The van der Waals surface area contributed by atoms with E-state index in [4.69, 9.17) is 0 Å². The molecule has 7 heteroatoms. The molecule has 0 bridgehead atoms. The molecule has 0 aliphatic carbocycles.